The standard InChI is InChI=1S/C10H16BrN3O/c1-7(4-5-11)13-10(15)9-6-12-14(3)8(9)2/h6-7H,4-5H2,1-3H3,(H,13,15). The first-order valence-electron chi connectivity index (χ1n) is 4.91. The van der Waals surface area contributed by atoms with Crippen LogP contribution in [-0.2, 0) is 7.05 Å². The van der Waals surface area contributed by atoms with E-state index in [1.165, 1.54) is 0 Å². The molecule has 1 atom stereocenters. The lowest BCUT2D eigenvalue weighted by atomic mass is 10.2. The fourth-order valence-corrected chi connectivity index (χ4v) is 1.95. The van der Waals surface area contributed by atoms with Crippen molar-refractivity contribution in [1.29, 1.82) is 0 Å². The summed E-state index contributed by atoms with van der Waals surface area (Å²) in [5.74, 6) is -0.0472. The van der Waals surface area contributed by atoms with E-state index in [2.05, 4.69) is 26.3 Å². The summed E-state index contributed by atoms with van der Waals surface area (Å²) in [6.07, 6.45) is 2.52. The summed E-state index contributed by atoms with van der Waals surface area (Å²) in [6.45, 7) is 3.88. The summed E-state index contributed by atoms with van der Waals surface area (Å²) in [5.41, 5.74) is 1.54. The molecular weight excluding hydrogens is 258 g/mol. The van der Waals surface area contributed by atoms with E-state index in [9.17, 15) is 4.79 Å². The molecule has 4 nitrogen and oxygen atoms in total. The molecule has 0 bridgehead atoms. The maximum Gasteiger partial charge on any atom is 0.254 e. The Balaban J connectivity index is 2.65. The zero-order chi connectivity index (χ0) is 11.4. The molecule has 0 aliphatic carbocycles. The van der Waals surface area contributed by atoms with Gasteiger partial charge >= 0.3 is 0 Å². The highest BCUT2D eigenvalue weighted by molar-refractivity contribution is 9.09. The third kappa shape index (κ3) is 3.06. The molecule has 0 saturated carbocycles. The average Bonchev–Trinajstić information content (AvgIpc) is 2.48. The second-order valence-electron chi connectivity index (χ2n) is 3.62. The van der Waals surface area contributed by atoms with E-state index in [0.717, 1.165) is 17.4 Å². The Morgan fingerprint density at radius 3 is 2.87 bits per heavy atom. The highest BCUT2D eigenvalue weighted by atomic mass is 79.9. The van der Waals surface area contributed by atoms with E-state index in [1.54, 1.807) is 10.9 Å². The van der Waals surface area contributed by atoms with Crippen molar-refractivity contribution in [3.8, 4) is 0 Å². The predicted octanol–water partition coefficient (Wildman–Crippen LogP) is 1.63. The van der Waals surface area contributed by atoms with Crippen LogP contribution in [0.4, 0.5) is 0 Å². The molecule has 0 saturated heterocycles. The van der Waals surface area contributed by atoms with Crippen molar-refractivity contribution < 1.29 is 4.79 Å². The van der Waals surface area contributed by atoms with Gasteiger partial charge in [0.2, 0.25) is 0 Å². The van der Waals surface area contributed by atoms with E-state index in [-0.39, 0.29) is 11.9 Å². The van der Waals surface area contributed by atoms with Gasteiger partial charge in [-0.25, -0.2) is 0 Å². The van der Waals surface area contributed by atoms with Crippen LogP contribution in [0.2, 0.25) is 0 Å². The third-order valence-corrected chi connectivity index (χ3v) is 2.86. The Kier molecular flexibility index (Phi) is 4.32. The van der Waals surface area contributed by atoms with Crippen LogP contribution in [0.25, 0.3) is 0 Å². The number of rotatable bonds is 4. The monoisotopic (exact) mass is 273 g/mol. The number of nitrogens with zero attached hydrogens (tertiary/aromatic N) is 2. The van der Waals surface area contributed by atoms with Crippen LogP contribution in [0.5, 0.6) is 0 Å². The van der Waals surface area contributed by atoms with Crippen molar-refractivity contribution in [1.82, 2.24) is 15.1 Å². The molecule has 0 fully saturated rings. The fraction of sp³-hybridized carbons (Fsp3) is 0.600. The zero-order valence-corrected chi connectivity index (χ0v) is 10.8. The number of aromatic nitrogens is 2. The van der Waals surface area contributed by atoms with Gasteiger partial charge in [-0.1, -0.05) is 15.9 Å². The zero-order valence-electron chi connectivity index (χ0n) is 9.25. The van der Waals surface area contributed by atoms with Gasteiger partial charge in [-0.2, -0.15) is 5.10 Å². The molecule has 84 valence electrons. The molecule has 1 aromatic heterocycles. The van der Waals surface area contributed by atoms with Gasteiger partial charge < -0.3 is 5.32 Å². The Bertz CT molecular complexity index is 348. The van der Waals surface area contributed by atoms with Crippen LogP contribution in [0.15, 0.2) is 6.20 Å². The second-order valence-corrected chi connectivity index (χ2v) is 4.41. The molecule has 0 aliphatic rings. The molecule has 1 heterocycles. The lowest BCUT2D eigenvalue weighted by Gasteiger charge is -2.11. The van der Waals surface area contributed by atoms with Crippen LogP contribution < -0.4 is 5.32 Å². The van der Waals surface area contributed by atoms with Gasteiger partial charge in [0.1, 0.15) is 0 Å². The summed E-state index contributed by atoms with van der Waals surface area (Å²) >= 11 is 3.35. The van der Waals surface area contributed by atoms with Crippen LogP contribution in [0.1, 0.15) is 29.4 Å². The summed E-state index contributed by atoms with van der Waals surface area (Å²) < 4.78 is 1.70. The van der Waals surface area contributed by atoms with Gasteiger partial charge in [0.25, 0.3) is 5.91 Å². The van der Waals surface area contributed by atoms with E-state index in [4.69, 9.17) is 0 Å². The van der Waals surface area contributed by atoms with Crippen molar-refractivity contribution in [2.24, 2.45) is 7.05 Å². The summed E-state index contributed by atoms with van der Waals surface area (Å²) in [5, 5.41) is 7.86. The van der Waals surface area contributed by atoms with Crippen molar-refractivity contribution in [3.63, 3.8) is 0 Å². The van der Waals surface area contributed by atoms with E-state index in [1.807, 2.05) is 20.9 Å². The van der Waals surface area contributed by atoms with E-state index >= 15 is 0 Å². The number of aryl methyl sites for hydroxylation is 1. The van der Waals surface area contributed by atoms with Crippen LogP contribution in [-0.4, -0.2) is 27.1 Å². The summed E-state index contributed by atoms with van der Waals surface area (Å²) in [4.78, 5) is 11.8. The lowest BCUT2D eigenvalue weighted by Crippen LogP contribution is -2.33. The average molecular weight is 274 g/mol. The molecule has 0 spiro atoms. The molecule has 5 heteroatoms. The number of amides is 1. The van der Waals surface area contributed by atoms with Gasteiger partial charge in [-0.15, -0.1) is 0 Å². The van der Waals surface area contributed by atoms with Crippen molar-refractivity contribution in [3.05, 3.63) is 17.5 Å². The quantitative estimate of drug-likeness (QED) is 0.848. The van der Waals surface area contributed by atoms with Gasteiger partial charge in [-0.3, -0.25) is 9.48 Å². The van der Waals surface area contributed by atoms with Crippen molar-refractivity contribution in [2.75, 3.05) is 5.33 Å². The third-order valence-electron chi connectivity index (χ3n) is 2.40. The normalized spacial score (nSPS) is 12.5. The minimum Gasteiger partial charge on any atom is -0.349 e. The molecule has 1 aromatic rings. The number of carbonyl (C=O) groups is 1. The molecule has 1 unspecified atom stereocenters. The largest absolute Gasteiger partial charge is 0.349 e. The molecule has 1 amide bonds. The minimum atomic E-state index is -0.0472. The van der Waals surface area contributed by atoms with Crippen molar-refractivity contribution in [2.45, 2.75) is 26.3 Å². The second kappa shape index (κ2) is 5.30. The predicted molar refractivity (Wildman–Crippen MR) is 63.3 cm³/mol. The Hall–Kier alpha value is -0.840. The molecule has 0 aromatic carbocycles. The first kappa shape index (κ1) is 12.2. The SMILES string of the molecule is Cc1c(C(=O)NC(C)CCBr)cnn1C. The fourth-order valence-electron chi connectivity index (χ4n) is 1.26. The van der Waals surface area contributed by atoms with Crippen molar-refractivity contribution >= 4 is 21.8 Å². The Morgan fingerprint density at radius 2 is 2.40 bits per heavy atom. The van der Waals surface area contributed by atoms with Gasteiger partial charge in [0.05, 0.1) is 11.8 Å². The summed E-state index contributed by atoms with van der Waals surface area (Å²) in [7, 11) is 1.83. The molecule has 0 radical (unpaired) electrons. The maximum absolute atomic E-state index is 11.8. The molecule has 1 rings (SSSR count). The van der Waals surface area contributed by atoms with Crippen LogP contribution >= 0.6 is 15.9 Å². The van der Waals surface area contributed by atoms with E-state index < -0.39 is 0 Å². The first-order chi connectivity index (χ1) is 7.06. The number of nitrogens with one attached hydrogen (secondary N) is 1. The number of carbonyl (C=O) groups excluding carboxylic acids is 1. The Labute approximate surface area is 98.2 Å². The molecular formula is C10H16BrN3O. The molecule has 0 aliphatic heterocycles. The molecule has 1 N–H and O–H groups in total. The Morgan fingerprint density at radius 1 is 1.73 bits per heavy atom. The highest BCUT2D eigenvalue weighted by Gasteiger charge is 2.14. The number of halogens is 1. The van der Waals surface area contributed by atoms with Gasteiger partial charge in [-0.05, 0) is 20.3 Å². The number of alkyl halides is 1. The smallest absolute Gasteiger partial charge is 0.254 e. The van der Waals surface area contributed by atoms with Crippen LogP contribution in [0, 0.1) is 6.92 Å². The number of hydrogen-bond acceptors (Lipinski definition) is 2. The maximum atomic E-state index is 11.8. The lowest BCUT2D eigenvalue weighted by molar-refractivity contribution is 0.0939. The van der Waals surface area contributed by atoms with Gasteiger partial charge in [0, 0.05) is 24.1 Å². The molecule has 15 heavy (non-hydrogen) atoms. The first-order valence-corrected chi connectivity index (χ1v) is 6.03. The van der Waals surface area contributed by atoms with E-state index in [0.29, 0.717) is 5.56 Å². The highest BCUT2D eigenvalue weighted by Crippen LogP contribution is 2.06. The minimum absolute atomic E-state index is 0.0472. The summed E-state index contributed by atoms with van der Waals surface area (Å²) in [6, 6.07) is 0.177. The topological polar surface area (TPSA) is 46.9 Å². The van der Waals surface area contributed by atoms with Crippen LogP contribution in [0.3, 0.4) is 0 Å². The number of hydrogen-bond donors (Lipinski definition) is 1. The van der Waals surface area contributed by atoms with Gasteiger partial charge in [0.15, 0.2) is 0 Å².